The molecule has 0 N–H and O–H groups in total. The first kappa shape index (κ1) is 12.3. The predicted molar refractivity (Wildman–Crippen MR) is 59.3 cm³/mol. The Morgan fingerprint density at radius 2 is 2.40 bits per heavy atom. The molecule has 0 saturated carbocycles. The molecule has 0 amide bonds. The van der Waals surface area contributed by atoms with Crippen LogP contribution >= 0.6 is 23.4 Å². The lowest BCUT2D eigenvalue weighted by Gasteiger charge is -2.05. The molecule has 0 spiro atoms. The minimum atomic E-state index is -0.430. The second kappa shape index (κ2) is 5.92. The van der Waals surface area contributed by atoms with Gasteiger partial charge in [0.25, 0.3) is 0 Å². The number of carbonyl (C=O) groups is 1. The van der Waals surface area contributed by atoms with Gasteiger partial charge < -0.3 is 4.74 Å². The Bertz CT molecular complexity index is 360. The Morgan fingerprint density at radius 1 is 1.67 bits per heavy atom. The minimum Gasteiger partial charge on any atom is -0.462 e. The summed E-state index contributed by atoms with van der Waals surface area (Å²) < 4.78 is 4.86. The van der Waals surface area contributed by atoms with Gasteiger partial charge in [0.15, 0.2) is 5.16 Å². The lowest BCUT2D eigenvalue weighted by Crippen LogP contribution is -2.10. The number of hydrogen-bond donors (Lipinski definition) is 0. The van der Waals surface area contributed by atoms with Gasteiger partial charge in [0.05, 0.1) is 18.2 Å². The maximum atomic E-state index is 11.5. The molecule has 1 aromatic heterocycles. The SMILES string of the molecule is CCOC(=O)c1cnc(SC)nc1CCl. The van der Waals surface area contributed by atoms with Crippen molar-refractivity contribution in [2.24, 2.45) is 0 Å². The van der Waals surface area contributed by atoms with Gasteiger partial charge in [0.1, 0.15) is 5.56 Å². The van der Waals surface area contributed by atoms with Crippen molar-refractivity contribution in [1.82, 2.24) is 9.97 Å². The predicted octanol–water partition coefficient (Wildman–Crippen LogP) is 2.11. The van der Waals surface area contributed by atoms with E-state index in [1.807, 2.05) is 6.26 Å². The van der Waals surface area contributed by atoms with Crippen molar-refractivity contribution in [2.45, 2.75) is 18.0 Å². The Kier molecular flexibility index (Phi) is 4.84. The highest BCUT2D eigenvalue weighted by Gasteiger charge is 2.14. The van der Waals surface area contributed by atoms with Gasteiger partial charge in [-0.15, -0.1) is 11.6 Å². The molecule has 1 heterocycles. The standard InChI is InChI=1S/C9H11ClN2O2S/c1-3-14-8(13)6-5-11-9(15-2)12-7(6)4-10/h5H,3-4H2,1-2H3. The summed E-state index contributed by atoms with van der Waals surface area (Å²) in [5.41, 5.74) is 0.846. The molecule has 4 nitrogen and oxygen atoms in total. The van der Waals surface area contributed by atoms with Crippen LogP contribution < -0.4 is 0 Å². The van der Waals surface area contributed by atoms with Crippen LogP contribution in [-0.4, -0.2) is 28.8 Å². The second-order valence-corrected chi connectivity index (χ2v) is 3.61. The maximum absolute atomic E-state index is 11.5. The van der Waals surface area contributed by atoms with Crippen molar-refractivity contribution < 1.29 is 9.53 Å². The van der Waals surface area contributed by atoms with Crippen LogP contribution in [0.5, 0.6) is 0 Å². The molecule has 6 heteroatoms. The zero-order valence-corrected chi connectivity index (χ0v) is 10.1. The monoisotopic (exact) mass is 246 g/mol. The third-order valence-corrected chi connectivity index (χ3v) is 2.47. The van der Waals surface area contributed by atoms with Gasteiger partial charge in [-0.2, -0.15) is 0 Å². The Hall–Kier alpha value is -0.810. The molecule has 82 valence electrons. The molecule has 0 aromatic carbocycles. The summed E-state index contributed by atoms with van der Waals surface area (Å²) in [4.78, 5) is 19.6. The molecule has 0 fully saturated rings. The van der Waals surface area contributed by atoms with E-state index in [4.69, 9.17) is 16.3 Å². The highest BCUT2D eigenvalue weighted by Crippen LogP contribution is 2.14. The van der Waals surface area contributed by atoms with E-state index in [9.17, 15) is 4.79 Å². The summed E-state index contributed by atoms with van der Waals surface area (Å²) in [6.45, 7) is 2.07. The van der Waals surface area contributed by atoms with Crippen molar-refractivity contribution in [2.75, 3.05) is 12.9 Å². The van der Waals surface area contributed by atoms with E-state index >= 15 is 0 Å². The van der Waals surface area contributed by atoms with Crippen molar-refractivity contribution in [1.29, 1.82) is 0 Å². The molecule has 0 aliphatic heterocycles. The van der Waals surface area contributed by atoms with E-state index in [0.717, 1.165) is 0 Å². The van der Waals surface area contributed by atoms with E-state index in [0.29, 0.717) is 23.0 Å². The van der Waals surface area contributed by atoms with Crippen LogP contribution in [0.15, 0.2) is 11.4 Å². The van der Waals surface area contributed by atoms with Crippen molar-refractivity contribution in [3.8, 4) is 0 Å². The first-order valence-electron chi connectivity index (χ1n) is 4.35. The summed E-state index contributed by atoms with van der Waals surface area (Å²) in [6.07, 6.45) is 3.31. The van der Waals surface area contributed by atoms with Crippen molar-refractivity contribution in [3.05, 3.63) is 17.5 Å². The Balaban J connectivity index is 3.02. The van der Waals surface area contributed by atoms with Gasteiger partial charge in [-0.25, -0.2) is 14.8 Å². The van der Waals surface area contributed by atoms with Crippen LogP contribution in [0, 0.1) is 0 Å². The van der Waals surface area contributed by atoms with Crippen LogP contribution in [0.25, 0.3) is 0 Å². The fourth-order valence-electron chi connectivity index (χ4n) is 0.978. The summed E-state index contributed by atoms with van der Waals surface area (Å²) in [7, 11) is 0. The number of nitrogens with zero attached hydrogens (tertiary/aromatic N) is 2. The largest absolute Gasteiger partial charge is 0.462 e. The molecule has 0 atom stereocenters. The molecule has 0 unspecified atom stereocenters. The number of aromatic nitrogens is 2. The summed E-state index contributed by atoms with van der Waals surface area (Å²) >= 11 is 7.10. The number of thioether (sulfide) groups is 1. The van der Waals surface area contributed by atoms with E-state index in [1.165, 1.54) is 18.0 Å². The van der Waals surface area contributed by atoms with Crippen LogP contribution in [-0.2, 0) is 10.6 Å². The third-order valence-electron chi connectivity index (χ3n) is 1.65. The topological polar surface area (TPSA) is 52.1 Å². The van der Waals surface area contributed by atoms with Gasteiger partial charge in [-0.1, -0.05) is 11.8 Å². The molecule has 1 aromatic rings. The molecular formula is C9H11ClN2O2S. The fraction of sp³-hybridized carbons (Fsp3) is 0.444. The summed E-state index contributed by atoms with van der Waals surface area (Å²) in [6, 6.07) is 0. The lowest BCUT2D eigenvalue weighted by molar-refractivity contribution is 0.0524. The van der Waals surface area contributed by atoms with Crippen LogP contribution in [0.2, 0.25) is 0 Å². The molecule has 0 saturated heterocycles. The first-order valence-corrected chi connectivity index (χ1v) is 6.11. The van der Waals surface area contributed by atoms with Gasteiger partial charge in [-0.05, 0) is 13.2 Å². The molecule has 0 aliphatic carbocycles. The van der Waals surface area contributed by atoms with Crippen molar-refractivity contribution in [3.63, 3.8) is 0 Å². The highest BCUT2D eigenvalue weighted by molar-refractivity contribution is 7.98. The number of rotatable bonds is 4. The lowest BCUT2D eigenvalue weighted by atomic mass is 10.2. The van der Waals surface area contributed by atoms with E-state index < -0.39 is 5.97 Å². The average Bonchev–Trinajstić information content (AvgIpc) is 2.28. The van der Waals surface area contributed by atoms with E-state index in [2.05, 4.69) is 9.97 Å². The quantitative estimate of drug-likeness (QED) is 0.353. The third kappa shape index (κ3) is 3.07. The smallest absolute Gasteiger partial charge is 0.341 e. The molecule has 0 radical (unpaired) electrons. The van der Waals surface area contributed by atoms with Gasteiger partial charge in [-0.3, -0.25) is 0 Å². The number of halogens is 1. The second-order valence-electron chi connectivity index (χ2n) is 2.57. The molecule has 15 heavy (non-hydrogen) atoms. The van der Waals surface area contributed by atoms with Crippen LogP contribution in [0.1, 0.15) is 23.0 Å². The number of alkyl halides is 1. The fourth-order valence-corrected chi connectivity index (χ4v) is 1.54. The van der Waals surface area contributed by atoms with Crippen LogP contribution in [0.3, 0.4) is 0 Å². The number of hydrogen-bond acceptors (Lipinski definition) is 5. The Labute approximate surface area is 97.4 Å². The normalized spacial score (nSPS) is 10.1. The molecule has 1 rings (SSSR count). The zero-order chi connectivity index (χ0) is 11.3. The molecular weight excluding hydrogens is 236 g/mol. The summed E-state index contributed by atoms with van der Waals surface area (Å²) in [5.74, 6) is -0.259. The van der Waals surface area contributed by atoms with Crippen molar-refractivity contribution >= 4 is 29.3 Å². The average molecular weight is 247 g/mol. The van der Waals surface area contributed by atoms with Gasteiger partial charge in [0.2, 0.25) is 0 Å². The molecule has 0 bridgehead atoms. The van der Waals surface area contributed by atoms with Gasteiger partial charge in [0, 0.05) is 6.20 Å². The minimum absolute atomic E-state index is 0.171. The number of esters is 1. The maximum Gasteiger partial charge on any atom is 0.341 e. The first-order chi connectivity index (χ1) is 7.22. The Morgan fingerprint density at radius 3 is 2.93 bits per heavy atom. The number of carbonyl (C=O) groups excluding carboxylic acids is 1. The van der Waals surface area contributed by atoms with E-state index in [-0.39, 0.29) is 5.88 Å². The van der Waals surface area contributed by atoms with E-state index in [1.54, 1.807) is 6.92 Å². The zero-order valence-electron chi connectivity index (χ0n) is 8.49. The van der Waals surface area contributed by atoms with Gasteiger partial charge >= 0.3 is 5.97 Å². The molecule has 0 aliphatic rings. The van der Waals surface area contributed by atoms with Crippen LogP contribution in [0.4, 0.5) is 0 Å². The summed E-state index contributed by atoms with van der Waals surface area (Å²) in [5, 5.41) is 0.596. The highest BCUT2D eigenvalue weighted by atomic mass is 35.5. The number of ether oxygens (including phenoxy) is 1.